The molecule has 22 heavy (non-hydrogen) atoms. The third-order valence-electron chi connectivity index (χ3n) is 3.23. The van der Waals surface area contributed by atoms with Crippen LogP contribution in [-0.4, -0.2) is 19.8 Å². The molecule has 0 amide bonds. The predicted molar refractivity (Wildman–Crippen MR) is 84.8 cm³/mol. The van der Waals surface area contributed by atoms with Crippen LogP contribution in [0, 0.1) is 0 Å². The number of hydrogen-bond donors (Lipinski definition) is 0. The van der Waals surface area contributed by atoms with E-state index in [0.717, 1.165) is 10.8 Å². The summed E-state index contributed by atoms with van der Waals surface area (Å²) in [6.07, 6.45) is 1.53. The summed E-state index contributed by atoms with van der Waals surface area (Å²) >= 11 is 12.1. The van der Waals surface area contributed by atoms with Crippen molar-refractivity contribution in [2.75, 3.05) is 0 Å². The zero-order valence-corrected chi connectivity index (χ0v) is 12.6. The Morgan fingerprint density at radius 3 is 2.64 bits per heavy atom. The summed E-state index contributed by atoms with van der Waals surface area (Å²) in [7, 11) is 0. The van der Waals surface area contributed by atoms with E-state index in [0.29, 0.717) is 27.3 Å². The van der Waals surface area contributed by atoms with Crippen LogP contribution in [0.2, 0.25) is 10.0 Å². The summed E-state index contributed by atoms with van der Waals surface area (Å²) < 4.78 is 7.45. The maximum Gasteiger partial charge on any atom is 0.245 e. The fourth-order valence-corrected chi connectivity index (χ4v) is 2.68. The lowest BCUT2D eigenvalue weighted by molar-refractivity contribution is 0.459. The van der Waals surface area contributed by atoms with Gasteiger partial charge in [0.15, 0.2) is 5.65 Å². The molecule has 2 aromatic carbocycles. The van der Waals surface area contributed by atoms with Crippen LogP contribution in [0.5, 0.6) is 11.6 Å². The first-order valence-electron chi connectivity index (χ1n) is 6.44. The molecule has 0 saturated heterocycles. The molecule has 2 heterocycles. The van der Waals surface area contributed by atoms with E-state index < -0.39 is 0 Å². The van der Waals surface area contributed by atoms with E-state index in [1.165, 1.54) is 6.33 Å². The number of benzene rings is 2. The van der Waals surface area contributed by atoms with Crippen molar-refractivity contribution < 1.29 is 4.74 Å². The van der Waals surface area contributed by atoms with Gasteiger partial charge in [0.1, 0.15) is 12.1 Å². The van der Waals surface area contributed by atoms with Gasteiger partial charge in [0, 0.05) is 15.8 Å². The minimum absolute atomic E-state index is 0.419. The topological polar surface area (TPSA) is 52.3 Å². The van der Waals surface area contributed by atoms with E-state index >= 15 is 0 Å². The molecule has 4 aromatic rings. The molecule has 0 atom stereocenters. The second-order valence-electron chi connectivity index (χ2n) is 4.63. The molecule has 0 aliphatic carbocycles. The smallest absolute Gasteiger partial charge is 0.245 e. The highest BCUT2D eigenvalue weighted by Gasteiger charge is 2.13. The van der Waals surface area contributed by atoms with Gasteiger partial charge < -0.3 is 4.74 Å². The maximum absolute atomic E-state index is 6.16. The Morgan fingerprint density at radius 1 is 1.00 bits per heavy atom. The van der Waals surface area contributed by atoms with Crippen molar-refractivity contribution in [2.45, 2.75) is 0 Å². The van der Waals surface area contributed by atoms with Crippen LogP contribution in [0.3, 0.4) is 0 Å². The van der Waals surface area contributed by atoms with Gasteiger partial charge in [-0.15, -0.1) is 15.3 Å². The molecule has 0 fully saturated rings. The van der Waals surface area contributed by atoms with Crippen molar-refractivity contribution >= 4 is 39.6 Å². The van der Waals surface area contributed by atoms with E-state index in [1.54, 1.807) is 22.7 Å². The summed E-state index contributed by atoms with van der Waals surface area (Å²) in [4.78, 5) is 0. The molecule has 0 spiro atoms. The maximum atomic E-state index is 6.16. The molecule has 4 rings (SSSR count). The monoisotopic (exact) mass is 330 g/mol. The van der Waals surface area contributed by atoms with E-state index in [2.05, 4.69) is 15.3 Å². The highest BCUT2D eigenvalue weighted by molar-refractivity contribution is 6.35. The normalized spacial score (nSPS) is 11.2. The van der Waals surface area contributed by atoms with Crippen molar-refractivity contribution in [3.05, 3.63) is 58.8 Å². The number of hydrogen-bond acceptors (Lipinski definition) is 4. The molecule has 2 aromatic heterocycles. The van der Waals surface area contributed by atoms with Crippen molar-refractivity contribution in [1.29, 1.82) is 0 Å². The Bertz CT molecular complexity index is 999. The standard InChI is InChI=1S/C15H8Cl2N4O/c16-9-5-6-13(12(17)7-9)22-15-11-4-2-1-3-10(11)14-19-18-8-21(14)20-15/h1-8H. The number of nitrogens with zero attached hydrogens (tertiary/aromatic N) is 4. The minimum Gasteiger partial charge on any atom is -0.435 e. The average Bonchev–Trinajstić information content (AvgIpc) is 2.99. The first-order valence-corrected chi connectivity index (χ1v) is 7.19. The van der Waals surface area contributed by atoms with Crippen LogP contribution in [0.15, 0.2) is 48.8 Å². The summed E-state index contributed by atoms with van der Waals surface area (Å²) in [5, 5.41) is 15.0. The van der Waals surface area contributed by atoms with E-state index in [1.807, 2.05) is 24.3 Å². The van der Waals surface area contributed by atoms with Crippen LogP contribution in [-0.2, 0) is 0 Å². The fourth-order valence-electron chi connectivity index (χ4n) is 2.23. The summed E-state index contributed by atoms with van der Waals surface area (Å²) in [6, 6.07) is 12.7. The van der Waals surface area contributed by atoms with Crippen molar-refractivity contribution in [2.24, 2.45) is 0 Å². The Morgan fingerprint density at radius 2 is 1.82 bits per heavy atom. The lowest BCUT2D eigenvalue weighted by atomic mass is 10.2. The van der Waals surface area contributed by atoms with Crippen molar-refractivity contribution in [3.8, 4) is 11.6 Å². The highest BCUT2D eigenvalue weighted by Crippen LogP contribution is 2.34. The third kappa shape index (κ3) is 2.15. The molecule has 7 heteroatoms. The molecule has 0 saturated carbocycles. The van der Waals surface area contributed by atoms with Gasteiger partial charge in [0.2, 0.25) is 5.88 Å². The molecule has 108 valence electrons. The van der Waals surface area contributed by atoms with Crippen molar-refractivity contribution in [1.82, 2.24) is 19.8 Å². The first-order chi connectivity index (χ1) is 10.7. The molecule has 0 aliphatic heterocycles. The Balaban J connectivity index is 1.92. The van der Waals surface area contributed by atoms with Crippen molar-refractivity contribution in [3.63, 3.8) is 0 Å². The largest absolute Gasteiger partial charge is 0.435 e. The average molecular weight is 331 g/mol. The summed E-state index contributed by atoms with van der Waals surface area (Å²) in [5.41, 5.74) is 0.671. The van der Waals surface area contributed by atoms with Gasteiger partial charge in [-0.2, -0.15) is 4.52 Å². The van der Waals surface area contributed by atoms with Gasteiger partial charge in [-0.05, 0) is 24.3 Å². The van der Waals surface area contributed by atoms with Crippen LogP contribution in [0.4, 0.5) is 0 Å². The molecule has 5 nitrogen and oxygen atoms in total. The van der Waals surface area contributed by atoms with Gasteiger partial charge in [-0.1, -0.05) is 41.4 Å². The number of ether oxygens (including phenoxy) is 1. The van der Waals surface area contributed by atoms with Gasteiger partial charge in [-0.25, -0.2) is 0 Å². The molecular formula is C15H8Cl2N4O. The molecule has 0 radical (unpaired) electrons. The number of halogens is 2. The van der Waals surface area contributed by atoms with Crippen LogP contribution < -0.4 is 4.74 Å². The van der Waals surface area contributed by atoms with Crippen LogP contribution in [0.1, 0.15) is 0 Å². The molecular weight excluding hydrogens is 323 g/mol. The number of rotatable bonds is 2. The Kier molecular flexibility index (Phi) is 3.10. The molecule has 0 N–H and O–H groups in total. The molecule has 0 unspecified atom stereocenters. The van der Waals surface area contributed by atoms with Gasteiger partial charge in [0.25, 0.3) is 0 Å². The second-order valence-corrected chi connectivity index (χ2v) is 5.47. The van der Waals surface area contributed by atoms with Gasteiger partial charge >= 0.3 is 0 Å². The summed E-state index contributed by atoms with van der Waals surface area (Å²) in [5.74, 6) is 0.906. The van der Waals surface area contributed by atoms with E-state index in [-0.39, 0.29) is 0 Å². The van der Waals surface area contributed by atoms with Gasteiger partial charge in [-0.3, -0.25) is 0 Å². The lowest BCUT2D eigenvalue weighted by Crippen LogP contribution is -1.97. The lowest BCUT2D eigenvalue weighted by Gasteiger charge is -2.10. The fraction of sp³-hybridized carbons (Fsp3) is 0. The number of fused-ring (bicyclic) bond motifs is 3. The molecule has 0 bridgehead atoms. The van der Waals surface area contributed by atoms with E-state index in [9.17, 15) is 0 Å². The SMILES string of the molecule is Clc1ccc(Oc2nn3cnnc3c3ccccc23)c(Cl)c1. The predicted octanol–water partition coefficient (Wildman–Crippen LogP) is 4.38. The van der Waals surface area contributed by atoms with E-state index in [4.69, 9.17) is 27.9 Å². The summed E-state index contributed by atoms with van der Waals surface area (Å²) in [6.45, 7) is 0. The zero-order chi connectivity index (χ0) is 15.1. The van der Waals surface area contributed by atoms with Crippen LogP contribution in [0.25, 0.3) is 16.4 Å². The molecule has 0 aliphatic rings. The first kappa shape index (κ1) is 13.3. The van der Waals surface area contributed by atoms with Gasteiger partial charge in [0.05, 0.1) is 5.02 Å². The Hall–Kier alpha value is -2.37. The minimum atomic E-state index is 0.419. The number of aromatic nitrogens is 4. The third-order valence-corrected chi connectivity index (χ3v) is 3.76. The second kappa shape index (κ2) is 5.12. The highest BCUT2D eigenvalue weighted by atomic mass is 35.5. The van der Waals surface area contributed by atoms with Crippen LogP contribution >= 0.6 is 23.2 Å². The Labute approximate surface area is 135 Å². The quantitative estimate of drug-likeness (QED) is 0.547. The zero-order valence-electron chi connectivity index (χ0n) is 11.1.